The lowest BCUT2D eigenvalue weighted by Crippen LogP contribution is -2.06. The fourth-order valence-electron chi connectivity index (χ4n) is 3.15. The van der Waals surface area contributed by atoms with Crippen LogP contribution in [-0.4, -0.2) is 14.5 Å². The number of nitrogen functional groups attached to an aromatic ring is 2. The van der Waals surface area contributed by atoms with Crippen molar-refractivity contribution < 1.29 is 0 Å². The molecule has 23 heavy (non-hydrogen) atoms. The normalized spacial score (nSPS) is 11.5. The number of benzene rings is 1. The summed E-state index contributed by atoms with van der Waals surface area (Å²) in [5.41, 5.74) is 17.6. The van der Waals surface area contributed by atoms with Crippen molar-refractivity contribution in [3.05, 3.63) is 46.8 Å². The van der Waals surface area contributed by atoms with Gasteiger partial charge in [-0.3, -0.25) is 0 Å². The quantitative estimate of drug-likeness (QED) is 0.778. The molecule has 3 rings (SSSR count). The van der Waals surface area contributed by atoms with E-state index in [1.807, 2.05) is 0 Å². The highest BCUT2D eigenvalue weighted by atomic mass is 15.0. The van der Waals surface area contributed by atoms with Crippen LogP contribution in [0.4, 0.5) is 11.8 Å². The third-order valence-corrected chi connectivity index (χ3v) is 4.37. The summed E-state index contributed by atoms with van der Waals surface area (Å²) < 4.78 is 2.18. The van der Waals surface area contributed by atoms with Crippen LogP contribution >= 0.6 is 0 Å². The van der Waals surface area contributed by atoms with E-state index in [2.05, 4.69) is 60.7 Å². The summed E-state index contributed by atoms with van der Waals surface area (Å²) in [6, 6.07) is 4.56. The number of rotatable bonds is 3. The van der Waals surface area contributed by atoms with Crippen LogP contribution in [0.2, 0.25) is 0 Å². The number of nitrogens with two attached hydrogens (primary N) is 2. The maximum atomic E-state index is 6.01. The molecule has 0 radical (unpaired) electrons. The van der Waals surface area contributed by atoms with Crippen molar-refractivity contribution in [2.24, 2.45) is 7.05 Å². The van der Waals surface area contributed by atoms with Crippen LogP contribution in [0.5, 0.6) is 0 Å². The Morgan fingerprint density at radius 1 is 1.17 bits per heavy atom. The van der Waals surface area contributed by atoms with Gasteiger partial charge in [0.1, 0.15) is 5.82 Å². The van der Waals surface area contributed by atoms with Gasteiger partial charge in [0.15, 0.2) is 0 Å². The number of aryl methyl sites for hydroxylation is 2. The molecule has 0 fully saturated rings. The lowest BCUT2D eigenvalue weighted by Gasteiger charge is -2.15. The molecule has 0 atom stereocenters. The van der Waals surface area contributed by atoms with Gasteiger partial charge in [-0.15, -0.1) is 0 Å². The summed E-state index contributed by atoms with van der Waals surface area (Å²) in [5.74, 6) is 1.10. The minimum Gasteiger partial charge on any atom is -0.383 e. The molecule has 4 N–H and O–H groups in total. The van der Waals surface area contributed by atoms with E-state index < -0.39 is 0 Å². The van der Waals surface area contributed by atoms with Gasteiger partial charge in [0, 0.05) is 42.3 Å². The Hall–Kier alpha value is -2.56. The first kappa shape index (κ1) is 15.3. The zero-order valence-corrected chi connectivity index (χ0v) is 14.1. The van der Waals surface area contributed by atoms with E-state index in [9.17, 15) is 0 Å². The van der Waals surface area contributed by atoms with Gasteiger partial charge in [-0.2, -0.15) is 4.98 Å². The summed E-state index contributed by atoms with van der Waals surface area (Å²) in [5, 5.41) is 1.28. The second-order valence-corrected chi connectivity index (χ2v) is 6.46. The molecule has 0 unspecified atom stereocenters. The minimum atomic E-state index is 0.213. The largest absolute Gasteiger partial charge is 0.383 e. The summed E-state index contributed by atoms with van der Waals surface area (Å²) in [7, 11) is 2.09. The van der Waals surface area contributed by atoms with Crippen molar-refractivity contribution in [3.63, 3.8) is 0 Å². The highest BCUT2D eigenvalue weighted by Gasteiger charge is 2.14. The van der Waals surface area contributed by atoms with E-state index in [0.717, 1.165) is 5.56 Å². The van der Waals surface area contributed by atoms with Crippen LogP contribution in [0.15, 0.2) is 24.5 Å². The fraction of sp³-hybridized carbons (Fsp3) is 0.333. The van der Waals surface area contributed by atoms with Crippen molar-refractivity contribution in [1.82, 2.24) is 14.5 Å². The SMILES string of the molecule is Cc1cn(C)c2cc(C(C)C)c(Cc3cnc(N)nc3N)cc12. The second kappa shape index (κ2) is 5.57. The Balaban J connectivity index is 2.14. The number of fused-ring (bicyclic) bond motifs is 1. The lowest BCUT2D eigenvalue weighted by atomic mass is 9.91. The smallest absolute Gasteiger partial charge is 0.221 e. The van der Waals surface area contributed by atoms with Crippen LogP contribution < -0.4 is 11.5 Å². The first-order chi connectivity index (χ1) is 10.9. The number of hydrogen-bond donors (Lipinski definition) is 2. The van der Waals surface area contributed by atoms with Crippen molar-refractivity contribution in [3.8, 4) is 0 Å². The average molecular weight is 309 g/mol. The van der Waals surface area contributed by atoms with Crippen molar-refractivity contribution >= 4 is 22.7 Å². The zero-order chi connectivity index (χ0) is 16.7. The predicted octanol–water partition coefficient (Wildman–Crippen LogP) is 3.16. The van der Waals surface area contributed by atoms with Gasteiger partial charge in [-0.05, 0) is 41.7 Å². The third kappa shape index (κ3) is 2.74. The Morgan fingerprint density at radius 2 is 1.91 bits per heavy atom. The molecule has 3 aromatic rings. The molecular weight excluding hydrogens is 286 g/mol. The maximum Gasteiger partial charge on any atom is 0.221 e. The molecule has 0 aliphatic heterocycles. The summed E-state index contributed by atoms with van der Waals surface area (Å²) in [6.07, 6.45) is 4.60. The van der Waals surface area contributed by atoms with E-state index in [4.69, 9.17) is 11.5 Å². The van der Waals surface area contributed by atoms with E-state index in [1.54, 1.807) is 6.20 Å². The molecule has 2 aromatic heterocycles. The van der Waals surface area contributed by atoms with Gasteiger partial charge >= 0.3 is 0 Å². The Labute approximate surface area is 136 Å². The van der Waals surface area contributed by atoms with Gasteiger partial charge in [0.25, 0.3) is 0 Å². The highest BCUT2D eigenvalue weighted by molar-refractivity contribution is 5.85. The molecule has 0 saturated carbocycles. The number of aromatic nitrogens is 3. The van der Waals surface area contributed by atoms with Crippen LogP contribution in [-0.2, 0) is 13.5 Å². The zero-order valence-electron chi connectivity index (χ0n) is 14.1. The topological polar surface area (TPSA) is 82.8 Å². The number of hydrogen-bond acceptors (Lipinski definition) is 4. The summed E-state index contributed by atoms with van der Waals surface area (Å²) >= 11 is 0. The molecule has 5 heteroatoms. The third-order valence-electron chi connectivity index (χ3n) is 4.37. The monoisotopic (exact) mass is 309 g/mol. The highest BCUT2D eigenvalue weighted by Crippen LogP contribution is 2.30. The predicted molar refractivity (Wildman–Crippen MR) is 95.4 cm³/mol. The molecule has 0 bridgehead atoms. The van der Waals surface area contributed by atoms with Gasteiger partial charge in [0.2, 0.25) is 5.95 Å². The molecule has 0 spiro atoms. The lowest BCUT2D eigenvalue weighted by molar-refractivity contribution is 0.847. The first-order valence-electron chi connectivity index (χ1n) is 7.82. The van der Waals surface area contributed by atoms with Gasteiger partial charge < -0.3 is 16.0 Å². The second-order valence-electron chi connectivity index (χ2n) is 6.46. The van der Waals surface area contributed by atoms with Gasteiger partial charge in [-0.1, -0.05) is 13.8 Å². The molecule has 0 saturated heterocycles. The summed E-state index contributed by atoms with van der Waals surface area (Å²) in [6.45, 7) is 6.56. The number of anilines is 2. The molecule has 0 amide bonds. The van der Waals surface area contributed by atoms with E-state index >= 15 is 0 Å². The number of nitrogens with zero attached hydrogens (tertiary/aromatic N) is 3. The molecule has 0 aliphatic rings. The Bertz CT molecular complexity index is 877. The van der Waals surface area contributed by atoms with Crippen molar-refractivity contribution in [2.45, 2.75) is 33.1 Å². The van der Waals surface area contributed by atoms with Gasteiger partial charge in [-0.25, -0.2) is 4.98 Å². The summed E-state index contributed by atoms with van der Waals surface area (Å²) in [4.78, 5) is 8.15. The average Bonchev–Trinajstić information content (AvgIpc) is 2.75. The standard InChI is InChI=1S/C18H23N5/c1-10(2)14-7-16-15(11(3)9-23(16)4)6-12(14)5-13-8-21-18(20)22-17(13)19/h6-10H,5H2,1-4H3,(H4,19,20,21,22). The van der Waals surface area contributed by atoms with E-state index in [0.29, 0.717) is 18.2 Å². The van der Waals surface area contributed by atoms with Crippen LogP contribution in [0.25, 0.3) is 10.9 Å². The van der Waals surface area contributed by atoms with Crippen molar-refractivity contribution in [2.75, 3.05) is 11.5 Å². The Kier molecular flexibility index (Phi) is 3.72. The van der Waals surface area contributed by atoms with Crippen LogP contribution in [0.1, 0.15) is 42.0 Å². The molecule has 120 valence electrons. The molecule has 1 aromatic carbocycles. The van der Waals surface area contributed by atoms with E-state index in [-0.39, 0.29) is 5.95 Å². The Morgan fingerprint density at radius 3 is 2.57 bits per heavy atom. The van der Waals surface area contributed by atoms with Gasteiger partial charge in [0.05, 0.1) is 0 Å². The molecule has 0 aliphatic carbocycles. The van der Waals surface area contributed by atoms with E-state index in [1.165, 1.54) is 27.6 Å². The molecule has 5 nitrogen and oxygen atoms in total. The molecule has 2 heterocycles. The maximum absolute atomic E-state index is 6.01. The van der Waals surface area contributed by atoms with Crippen molar-refractivity contribution in [1.29, 1.82) is 0 Å². The van der Waals surface area contributed by atoms with Crippen LogP contribution in [0, 0.1) is 6.92 Å². The fourth-order valence-corrected chi connectivity index (χ4v) is 3.15. The van der Waals surface area contributed by atoms with Crippen LogP contribution in [0.3, 0.4) is 0 Å². The molecular formula is C18H23N5. The minimum absolute atomic E-state index is 0.213. The first-order valence-corrected chi connectivity index (χ1v) is 7.82.